The Morgan fingerprint density at radius 2 is 1.44 bits per heavy atom. The normalized spacial score (nSPS) is 19.6. The fourth-order valence-electron chi connectivity index (χ4n) is 7.33. The van der Waals surface area contributed by atoms with Crippen molar-refractivity contribution in [1.82, 2.24) is 19.5 Å². The number of unbranched alkanes of at least 4 members (excludes halogenated alkanes) is 2. The second-order valence-corrected chi connectivity index (χ2v) is 23.2. The summed E-state index contributed by atoms with van der Waals surface area (Å²) in [5.74, 6) is 7.42. The number of aromatic amines is 1. The Kier molecular flexibility index (Phi) is 14.3. The van der Waals surface area contributed by atoms with Crippen LogP contribution in [0.3, 0.4) is 0 Å². The van der Waals surface area contributed by atoms with Crippen molar-refractivity contribution in [3.8, 4) is 23.3 Å². The number of imidazole rings is 1. The molecule has 7 rings (SSSR count). The van der Waals surface area contributed by atoms with Gasteiger partial charge in [-0.25, -0.2) is 4.98 Å². The first kappa shape index (κ1) is 46.5. The molecule has 5 aromatic rings. The summed E-state index contributed by atoms with van der Waals surface area (Å²) in [7, 11) is -2.13. The number of nitrogen functional groups attached to an aromatic ring is 1. The molecule has 2 aliphatic heterocycles. The van der Waals surface area contributed by atoms with Crippen molar-refractivity contribution in [3.63, 3.8) is 0 Å². The van der Waals surface area contributed by atoms with Crippen LogP contribution in [0.5, 0.6) is 11.5 Å². The van der Waals surface area contributed by atoms with E-state index in [-0.39, 0.29) is 28.0 Å². The monoisotopic (exact) mass is 885 g/mol. The fraction of sp³-hybridized carbons (Fsp3) is 0.431. The van der Waals surface area contributed by atoms with E-state index in [1.54, 1.807) is 4.57 Å². The molecule has 4 atom stereocenters. The first-order valence-corrected chi connectivity index (χ1v) is 25.4. The molecule has 64 heavy (non-hydrogen) atoms. The number of ether oxygens (including phenoxy) is 5. The lowest BCUT2D eigenvalue weighted by molar-refractivity contribution is -0.199. The molecule has 12 nitrogen and oxygen atoms in total. The Hall–Kier alpha value is -5.49. The van der Waals surface area contributed by atoms with Crippen LogP contribution in [0.2, 0.25) is 18.1 Å². The summed E-state index contributed by atoms with van der Waals surface area (Å²) in [6.45, 7) is 20.6. The Morgan fingerprint density at radius 3 is 2.03 bits per heavy atom. The highest BCUT2D eigenvalue weighted by atomic mass is 28.4. The molecule has 0 aliphatic carbocycles. The summed E-state index contributed by atoms with van der Waals surface area (Å²) in [6.07, 6.45) is 10.0. The van der Waals surface area contributed by atoms with Gasteiger partial charge in [-0.2, -0.15) is 4.98 Å². The number of nitrogens with two attached hydrogens (primary N) is 1. The number of anilines is 1. The van der Waals surface area contributed by atoms with Crippen LogP contribution in [-0.4, -0.2) is 71.8 Å². The quantitative estimate of drug-likeness (QED) is 0.0425. The van der Waals surface area contributed by atoms with Crippen LogP contribution in [0.1, 0.15) is 114 Å². The average molecular weight is 886 g/mol. The van der Waals surface area contributed by atoms with Gasteiger partial charge >= 0.3 is 0 Å². The lowest BCUT2D eigenvalue weighted by Crippen LogP contribution is -2.44. The third kappa shape index (κ3) is 10.9. The van der Waals surface area contributed by atoms with E-state index >= 15 is 0 Å². The third-order valence-corrected chi connectivity index (χ3v) is 16.5. The topological polar surface area (TPSA) is 145 Å². The van der Waals surface area contributed by atoms with Crippen molar-refractivity contribution in [2.75, 3.05) is 25.6 Å². The van der Waals surface area contributed by atoms with Gasteiger partial charge in [-0.1, -0.05) is 120 Å². The van der Waals surface area contributed by atoms with Crippen molar-refractivity contribution in [2.45, 2.75) is 123 Å². The summed E-state index contributed by atoms with van der Waals surface area (Å²) >= 11 is 0. The van der Waals surface area contributed by atoms with E-state index in [2.05, 4.69) is 123 Å². The third-order valence-electron chi connectivity index (χ3n) is 12.0. The van der Waals surface area contributed by atoms with Gasteiger partial charge in [0.15, 0.2) is 37.3 Å². The minimum Gasteiger partial charge on any atom is -0.493 e. The first-order chi connectivity index (χ1) is 30.6. The predicted octanol–water partition coefficient (Wildman–Crippen LogP) is 10.2. The second-order valence-electron chi connectivity index (χ2n) is 18.4. The average Bonchev–Trinajstić information content (AvgIpc) is 3.89. The van der Waals surface area contributed by atoms with E-state index in [1.807, 2.05) is 56.3 Å². The SMILES string of the molecule is CCCCOc1cc(/C=C/c2ccc(C#Cc3nc4c(=O)[nH]c(N)nc4n3[C@@H]3O[C@H](CO[Si](C)(C)C(C)(C)C)[C@H]4OC(C)(C)O[C@H]43)cc2)c(OCCCC)cc1/C=C/c1ccccc1. The predicted molar refractivity (Wildman–Crippen MR) is 257 cm³/mol. The maximum atomic E-state index is 13.2. The van der Waals surface area contributed by atoms with Gasteiger partial charge in [0.25, 0.3) is 5.56 Å². The van der Waals surface area contributed by atoms with E-state index in [1.165, 1.54) is 0 Å². The second kappa shape index (κ2) is 19.7. The highest BCUT2D eigenvalue weighted by molar-refractivity contribution is 6.74. The van der Waals surface area contributed by atoms with Gasteiger partial charge in [0.1, 0.15) is 29.8 Å². The van der Waals surface area contributed by atoms with Crippen LogP contribution < -0.4 is 20.8 Å². The van der Waals surface area contributed by atoms with E-state index in [0.717, 1.165) is 65.0 Å². The molecule has 3 aromatic carbocycles. The molecule has 2 saturated heterocycles. The maximum absolute atomic E-state index is 13.2. The van der Waals surface area contributed by atoms with Crippen LogP contribution in [0.4, 0.5) is 5.95 Å². The number of nitrogens with one attached hydrogen (secondary N) is 1. The molecule has 2 aliphatic rings. The molecule has 0 saturated carbocycles. The summed E-state index contributed by atoms with van der Waals surface area (Å²) in [5.41, 5.74) is 10.7. The van der Waals surface area contributed by atoms with Crippen LogP contribution in [-0.2, 0) is 18.6 Å². The molecular formula is C51H63N5O7Si. The number of hydrogen-bond acceptors (Lipinski definition) is 10. The summed E-state index contributed by atoms with van der Waals surface area (Å²) in [6, 6.07) is 22.3. The molecular weight excluding hydrogens is 823 g/mol. The van der Waals surface area contributed by atoms with Gasteiger partial charge in [0.05, 0.1) is 19.8 Å². The summed E-state index contributed by atoms with van der Waals surface area (Å²) in [5, 5.41) is 0.00363. The molecule has 0 amide bonds. The van der Waals surface area contributed by atoms with Crippen molar-refractivity contribution in [1.29, 1.82) is 0 Å². The molecule has 2 aromatic heterocycles. The number of nitrogens with zero attached hydrogens (tertiary/aromatic N) is 3. The number of H-pyrrole nitrogens is 1. The Labute approximate surface area is 378 Å². The van der Waals surface area contributed by atoms with E-state index < -0.39 is 44.2 Å². The number of aromatic nitrogens is 4. The highest BCUT2D eigenvalue weighted by Gasteiger charge is 2.57. The molecule has 0 spiro atoms. The first-order valence-electron chi connectivity index (χ1n) is 22.5. The van der Waals surface area contributed by atoms with E-state index in [0.29, 0.717) is 19.8 Å². The molecule has 13 heteroatoms. The zero-order chi connectivity index (χ0) is 45.6. The lowest BCUT2D eigenvalue weighted by atomic mass is 10.0. The van der Waals surface area contributed by atoms with Gasteiger partial charge in [0.2, 0.25) is 5.95 Å². The maximum Gasteiger partial charge on any atom is 0.280 e. The van der Waals surface area contributed by atoms with Crippen LogP contribution in [0, 0.1) is 11.8 Å². The van der Waals surface area contributed by atoms with Crippen LogP contribution >= 0.6 is 0 Å². The molecule has 338 valence electrons. The van der Waals surface area contributed by atoms with Gasteiger partial charge in [-0.15, -0.1) is 0 Å². The van der Waals surface area contributed by atoms with Crippen molar-refractivity contribution in [2.24, 2.45) is 0 Å². The molecule has 3 N–H and O–H groups in total. The minimum atomic E-state index is -2.13. The molecule has 2 fully saturated rings. The number of rotatable bonds is 16. The Morgan fingerprint density at radius 1 is 0.844 bits per heavy atom. The van der Waals surface area contributed by atoms with Gasteiger partial charge in [-0.3, -0.25) is 14.3 Å². The van der Waals surface area contributed by atoms with E-state index in [4.69, 9.17) is 33.8 Å². The Balaban J connectivity index is 1.17. The van der Waals surface area contributed by atoms with Crippen LogP contribution in [0.15, 0.2) is 71.5 Å². The smallest absolute Gasteiger partial charge is 0.280 e. The minimum absolute atomic E-state index is 0.00363. The molecule has 0 bridgehead atoms. The molecule has 4 heterocycles. The van der Waals surface area contributed by atoms with Gasteiger partial charge in [0, 0.05) is 16.7 Å². The Bertz CT molecular complexity index is 2580. The largest absolute Gasteiger partial charge is 0.493 e. The van der Waals surface area contributed by atoms with Crippen molar-refractivity contribution in [3.05, 3.63) is 111 Å². The lowest BCUT2D eigenvalue weighted by Gasteiger charge is -2.37. The van der Waals surface area contributed by atoms with Crippen molar-refractivity contribution < 1.29 is 28.1 Å². The zero-order valence-electron chi connectivity index (χ0n) is 38.7. The van der Waals surface area contributed by atoms with E-state index in [9.17, 15) is 4.79 Å². The standard InChI is InChI=1S/C51H63N5O7Si/c1-10-12-29-58-39-32-38(40(59-30-13-11-2)31-37(39)26-23-34-17-15-14-16-18-34)27-24-35-19-21-36(22-20-35)25-28-42-53-43-46(54-49(52)55-47(43)57)56(42)48-45-44(62-51(6,7)63-45)41(61-48)33-60-64(8,9)50(3,4)5/h14-24,26-27,31-32,41,44-45,48H,10-13,29-30,33H2,1-9H3,(H3,52,54,55,57)/b26-23+,27-24+/t41-,44-,45-,48-/m1/s1. The highest BCUT2D eigenvalue weighted by Crippen LogP contribution is 2.45. The van der Waals surface area contributed by atoms with Crippen LogP contribution in [0.25, 0.3) is 35.5 Å². The number of fused-ring (bicyclic) bond motifs is 2. The number of hydrogen-bond donors (Lipinski definition) is 2. The zero-order valence-corrected chi connectivity index (χ0v) is 39.7. The number of benzene rings is 3. The molecule has 0 radical (unpaired) electrons. The van der Waals surface area contributed by atoms with Gasteiger partial charge < -0.3 is 33.8 Å². The van der Waals surface area contributed by atoms with Gasteiger partial charge in [-0.05, 0) is 86.1 Å². The summed E-state index contributed by atoms with van der Waals surface area (Å²) in [4.78, 5) is 24.9. The van der Waals surface area contributed by atoms with Crippen molar-refractivity contribution >= 4 is 49.7 Å². The fourth-order valence-corrected chi connectivity index (χ4v) is 8.35. The summed E-state index contributed by atoms with van der Waals surface area (Å²) < 4.78 is 40.7. The molecule has 0 unspecified atom stereocenters.